The topological polar surface area (TPSA) is 152 Å². The molecule has 1 aliphatic rings. The zero-order valence-electron chi connectivity index (χ0n) is 20.7. The Labute approximate surface area is 218 Å². The van der Waals surface area contributed by atoms with Crippen molar-refractivity contribution < 1.29 is 29.6 Å². The Morgan fingerprint density at radius 1 is 1.05 bits per heavy atom. The van der Waals surface area contributed by atoms with Crippen molar-refractivity contribution in [2.45, 2.75) is 37.4 Å². The zero-order chi connectivity index (χ0) is 26.6. The molecule has 198 valence electrons. The quantitative estimate of drug-likeness (QED) is 0.241. The summed E-state index contributed by atoms with van der Waals surface area (Å²) in [4.78, 5) is 25.8. The Kier molecular flexibility index (Phi) is 7.61. The maximum atomic E-state index is 12.6. The van der Waals surface area contributed by atoms with Crippen LogP contribution in [0.1, 0.15) is 40.8 Å². The molecule has 0 amide bonds. The van der Waals surface area contributed by atoms with E-state index in [9.17, 15) is 20.1 Å². The SMILES string of the molecule is CCOC(=O)c1nc(NCC(c2ccccc2)c2ccccc2)c2ncn(C3OC(CO)C(O)C3O)c2n1. The van der Waals surface area contributed by atoms with E-state index in [1.807, 2.05) is 36.4 Å². The van der Waals surface area contributed by atoms with Crippen molar-refractivity contribution in [1.29, 1.82) is 0 Å². The predicted octanol–water partition coefficient (Wildman–Crippen LogP) is 1.86. The molecule has 2 aromatic carbocycles. The Morgan fingerprint density at radius 2 is 1.71 bits per heavy atom. The summed E-state index contributed by atoms with van der Waals surface area (Å²) in [6, 6.07) is 20.1. The largest absolute Gasteiger partial charge is 0.460 e. The number of nitrogens with zero attached hydrogens (tertiary/aromatic N) is 4. The molecule has 1 aliphatic heterocycles. The lowest BCUT2D eigenvalue weighted by molar-refractivity contribution is -0.0511. The van der Waals surface area contributed by atoms with Crippen LogP contribution in [0.2, 0.25) is 0 Å². The van der Waals surface area contributed by atoms with Crippen molar-refractivity contribution in [3.63, 3.8) is 0 Å². The van der Waals surface area contributed by atoms with Crippen LogP contribution in [0, 0.1) is 0 Å². The third-order valence-corrected chi connectivity index (χ3v) is 6.55. The molecule has 3 heterocycles. The van der Waals surface area contributed by atoms with Gasteiger partial charge in [0.15, 0.2) is 23.2 Å². The molecular weight excluding hydrogens is 490 g/mol. The van der Waals surface area contributed by atoms with E-state index >= 15 is 0 Å². The molecule has 1 saturated heterocycles. The number of rotatable bonds is 9. The van der Waals surface area contributed by atoms with Crippen LogP contribution in [0.25, 0.3) is 11.2 Å². The standard InChI is InChI=1S/C27H29N5O6/c1-2-37-27(36)24-30-23(28-13-18(16-9-5-3-6-10-16)17-11-7-4-8-12-17)20-25(31-24)32(15-29-20)26-22(35)21(34)19(14-33)38-26/h3-12,15,18-19,21-22,26,33-35H,2,13-14H2,1H3,(H,28,30,31). The number of aromatic nitrogens is 4. The summed E-state index contributed by atoms with van der Waals surface area (Å²) in [6.07, 6.45) is -3.31. The van der Waals surface area contributed by atoms with E-state index in [1.165, 1.54) is 10.9 Å². The minimum atomic E-state index is -1.34. The minimum Gasteiger partial charge on any atom is -0.460 e. The van der Waals surface area contributed by atoms with E-state index < -0.39 is 37.1 Å². The first kappa shape index (κ1) is 25.7. The van der Waals surface area contributed by atoms with Crippen LogP contribution >= 0.6 is 0 Å². The number of aliphatic hydroxyl groups excluding tert-OH is 3. The number of aliphatic hydroxyl groups is 3. The molecule has 4 aromatic rings. The van der Waals surface area contributed by atoms with Gasteiger partial charge in [0.05, 0.1) is 19.5 Å². The lowest BCUT2D eigenvalue weighted by Gasteiger charge is -2.20. The first-order chi connectivity index (χ1) is 18.5. The van der Waals surface area contributed by atoms with Gasteiger partial charge in [-0.05, 0) is 18.1 Å². The highest BCUT2D eigenvalue weighted by atomic mass is 16.6. The second-order valence-corrected chi connectivity index (χ2v) is 8.92. The number of esters is 1. The fourth-order valence-corrected chi connectivity index (χ4v) is 4.62. The summed E-state index contributed by atoms with van der Waals surface area (Å²) in [7, 11) is 0. The lowest BCUT2D eigenvalue weighted by Crippen LogP contribution is -2.33. The van der Waals surface area contributed by atoms with Gasteiger partial charge in [-0.15, -0.1) is 0 Å². The van der Waals surface area contributed by atoms with Gasteiger partial charge < -0.3 is 30.1 Å². The number of nitrogens with one attached hydrogen (secondary N) is 1. The van der Waals surface area contributed by atoms with Crippen LogP contribution in [0.15, 0.2) is 67.0 Å². The first-order valence-electron chi connectivity index (χ1n) is 12.4. The number of carbonyl (C=O) groups is 1. The molecule has 11 heteroatoms. The Balaban J connectivity index is 1.53. The maximum Gasteiger partial charge on any atom is 0.376 e. The van der Waals surface area contributed by atoms with Gasteiger partial charge in [-0.2, -0.15) is 0 Å². The van der Waals surface area contributed by atoms with Crippen molar-refractivity contribution in [2.75, 3.05) is 25.1 Å². The molecule has 0 radical (unpaired) electrons. The summed E-state index contributed by atoms with van der Waals surface area (Å²) < 4.78 is 12.2. The smallest absolute Gasteiger partial charge is 0.376 e. The van der Waals surface area contributed by atoms with E-state index in [1.54, 1.807) is 6.92 Å². The second-order valence-electron chi connectivity index (χ2n) is 8.92. The fraction of sp³-hybridized carbons (Fsp3) is 0.333. The summed E-state index contributed by atoms with van der Waals surface area (Å²) in [5, 5.41) is 33.6. The Bertz CT molecular complexity index is 1340. The summed E-state index contributed by atoms with van der Waals surface area (Å²) in [6.45, 7) is 1.78. The second kappa shape index (κ2) is 11.2. The van der Waals surface area contributed by atoms with E-state index in [0.29, 0.717) is 17.9 Å². The molecule has 0 saturated carbocycles. The van der Waals surface area contributed by atoms with Crippen molar-refractivity contribution in [1.82, 2.24) is 19.5 Å². The molecule has 5 rings (SSSR count). The van der Waals surface area contributed by atoms with Crippen molar-refractivity contribution in [3.05, 3.63) is 83.9 Å². The number of benzene rings is 2. The van der Waals surface area contributed by atoms with E-state index in [0.717, 1.165) is 11.1 Å². The Morgan fingerprint density at radius 3 is 2.29 bits per heavy atom. The fourth-order valence-electron chi connectivity index (χ4n) is 4.62. The number of anilines is 1. The lowest BCUT2D eigenvalue weighted by atomic mass is 9.91. The average Bonchev–Trinajstić information content (AvgIpc) is 3.50. The summed E-state index contributed by atoms with van der Waals surface area (Å²) in [5.41, 5.74) is 2.74. The van der Waals surface area contributed by atoms with Gasteiger partial charge in [-0.25, -0.2) is 19.7 Å². The molecule has 2 aromatic heterocycles. The van der Waals surface area contributed by atoms with E-state index in [2.05, 4.69) is 44.5 Å². The van der Waals surface area contributed by atoms with Crippen LogP contribution < -0.4 is 5.32 Å². The van der Waals surface area contributed by atoms with Gasteiger partial charge in [0.25, 0.3) is 0 Å². The van der Waals surface area contributed by atoms with Gasteiger partial charge in [0.1, 0.15) is 18.3 Å². The molecule has 38 heavy (non-hydrogen) atoms. The molecule has 4 unspecified atom stereocenters. The number of hydrogen-bond acceptors (Lipinski definition) is 10. The molecule has 4 N–H and O–H groups in total. The third-order valence-electron chi connectivity index (χ3n) is 6.55. The van der Waals surface area contributed by atoms with Crippen LogP contribution in [0.5, 0.6) is 0 Å². The monoisotopic (exact) mass is 519 g/mol. The van der Waals surface area contributed by atoms with Crippen LogP contribution in [0.3, 0.4) is 0 Å². The van der Waals surface area contributed by atoms with E-state index in [4.69, 9.17) is 9.47 Å². The number of fused-ring (bicyclic) bond motifs is 1. The summed E-state index contributed by atoms with van der Waals surface area (Å²) >= 11 is 0. The first-order valence-corrected chi connectivity index (χ1v) is 12.4. The number of imidazole rings is 1. The summed E-state index contributed by atoms with van der Waals surface area (Å²) in [5.74, 6) is -0.628. The van der Waals surface area contributed by atoms with E-state index in [-0.39, 0.29) is 24.0 Å². The number of hydrogen-bond donors (Lipinski definition) is 4. The van der Waals surface area contributed by atoms with Crippen molar-refractivity contribution in [2.24, 2.45) is 0 Å². The molecule has 1 fully saturated rings. The highest BCUT2D eigenvalue weighted by molar-refractivity contribution is 5.91. The highest BCUT2D eigenvalue weighted by Crippen LogP contribution is 2.33. The van der Waals surface area contributed by atoms with Crippen molar-refractivity contribution in [3.8, 4) is 0 Å². The molecule has 0 bridgehead atoms. The molecule has 0 aliphatic carbocycles. The zero-order valence-corrected chi connectivity index (χ0v) is 20.7. The van der Waals surface area contributed by atoms with Crippen LogP contribution in [0.4, 0.5) is 5.82 Å². The van der Waals surface area contributed by atoms with Gasteiger partial charge in [0.2, 0.25) is 5.82 Å². The van der Waals surface area contributed by atoms with Gasteiger partial charge >= 0.3 is 5.97 Å². The number of carbonyl (C=O) groups excluding carboxylic acids is 1. The Hall–Kier alpha value is -3.90. The number of ether oxygens (including phenoxy) is 2. The van der Waals surface area contributed by atoms with Crippen LogP contribution in [-0.2, 0) is 9.47 Å². The van der Waals surface area contributed by atoms with Crippen LogP contribution in [-0.4, -0.2) is 78.9 Å². The highest BCUT2D eigenvalue weighted by Gasteiger charge is 2.44. The molecule has 4 atom stereocenters. The normalized spacial score (nSPS) is 21.2. The van der Waals surface area contributed by atoms with Crippen molar-refractivity contribution >= 4 is 23.0 Å². The van der Waals surface area contributed by atoms with Gasteiger partial charge in [0, 0.05) is 12.5 Å². The van der Waals surface area contributed by atoms with Gasteiger partial charge in [-0.3, -0.25) is 4.57 Å². The van der Waals surface area contributed by atoms with Gasteiger partial charge in [-0.1, -0.05) is 60.7 Å². The predicted molar refractivity (Wildman–Crippen MR) is 138 cm³/mol. The minimum absolute atomic E-state index is 0.0315. The molecule has 0 spiro atoms. The molecule has 11 nitrogen and oxygen atoms in total. The maximum absolute atomic E-state index is 12.6. The molecular formula is C27H29N5O6. The average molecular weight is 520 g/mol. The third kappa shape index (κ3) is 4.96.